The number of benzene rings is 1. The summed E-state index contributed by atoms with van der Waals surface area (Å²) in [5.74, 6) is 1.11. The Hall–Kier alpha value is -2.41. The molecule has 1 atom stereocenters. The van der Waals surface area contributed by atoms with Gasteiger partial charge in [0.2, 0.25) is 5.95 Å². The minimum absolute atomic E-state index is 0.200. The van der Waals surface area contributed by atoms with Crippen molar-refractivity contribution in [2.45, 2.75) is 19.5 Å². The molecule has 0 bridgehead atoms. The first-order valence-electron chi connectivity index (χ1n) is 8.96. The van der Waals surface area contributed by atoms with Gasteiger partial charge in [0.15, 0.2) is 0 Å². The molecule has 26 heavy (non-hydrogen) atoms. The summed E-state index contributed by atoms with van der Waals surface area (Å²) in [6.45, 7) is 5.70. The molecule has 7 heteroatoms. The van der Waals surface area contributed by atoms with Gasteiger partial charge in [-0.25, -0.2) is 4.39 Å². The largest absolute Gasteiger partial charge is 0.378 e. The summed E-state index contributed by atoms with van der Waals surface area (Å²) >= 11 is 0. The second kappa shape index (κ2) is 8.80. The van der Waals surface area contributed by atoms with Crippen molar-refractivity contribution in [3.63, 3.8) is 0 Å². The summed E-state index contributed by atoms with van der Waals surface area (Å²) in [6, 6.07) is 11.7. The summed E-state index contributed by atoms with van der Waals surface area (Å²) in [5, 5.41) is 0. The first-order chi connectivity index (χ1) is 12.6. The summed E-state index contributed by atoms with van der Waals surface area (Å²) in [6.07, 6.45) is -0.344. The molecule has 4 rings (SSSR count). The number of aromatic nitrogens is 2. The number of hydrogen-bond acceptors (Lipinski definition) is 5. The predicted octanol–water partition coefficient (Wildman–Crippen LogP) is 2.15. The lowest BCUT2D eigenvalue weighted by molar-refractivity contribution is 0.122. The van der Waals surface area contributed by atoms with Crippen LogP contribution in [-0.4, -0.2) is 55.5 Å². The average molecular weight is 360 g/mol. The van der Waals surface area contributed by atoms with Crippen molar-refractivity contribution in [1.29, 1.82) is 0 Å². The van der Waals surface area contributed by atoms with Gasteiger partial charge >= 0.3 is 0 Å². The number of hydrogen-bond donors (Lipinski definition) is 1. The maximum absolute atomic E-state index is 13.2. The summed E-state index contributed by atoms with van der Waals surface area (Å²) in [7, 11) is 0. The molecule has 2 aromatic rings. The second-order valence-electron chi connectivity index (χ2n) is 6.51. The Morgan fingerprint density at radius 3 is 2.46 bits per heavy atom. The molecule has 140 valence electrons. The van der Waals surface area contributed by atoms with E-state index >= 15 is 0 Å². The Bertz CT molecular complexity index is 721. The van der Waals surface area contributed by atoms with Gasteiger partial charge in [-0.2, -0.15) is 4.98 Å². The van der Waals surface area contributed by atoms with Crippen LogP contribution in [0.25, 0.3) is 0 Å². The summed E-state index contributed by atoms with van der Waals surface area (Å²) in [4.78, 5) is 22.7. The monoisotopic (exact) mass is 360 g/mol. The molecule has 2 fully saturated rings. The first kappa shape index (κ1) is 18.4. The van der Waals surface area contributed by atoms with Gasteiger partial charge in [0.05, 0.1) is 19.8 Å². The van der Waals surface area contributed by atoms with Crippen LogP contribution in [0.2, 0.25) is 0 Å². The van der Waals surface area contributed by atoms with E-state index in [0.717, 1.165) is 13.1 Å². The number of rotatable bonds is 2. The van der Waals surface area contributed by atoms with Gasteiger partial charge in [-0.15, -0.1) is 0 Å². The zero-order valence-corrected chi connectivity index (χ0v) is 15.0. The van der Waals surface area contributed by atoms with Gasteiger partial charge in [-0.3, -0.25) is 9.78 Å². The first-order valence-corrected chi connectivity index (χ1v) is 8.96. The van der Waals surface area contributed by atoms with E-state index in [2.05, 4.69) is 29.0 Å². The molecule has 2 saturated heterocycles. The lowest BCUT2D eigenvalue weighted by atomic mass is 10.2. The Morgan fingerprint density at radius 2 is 1.88 bits per heavy atom. The minimum atomic E-state index is -0.836. The summed E-state index contributed by atoms with van der Waals surface area (Å²) < 4.78 is 18.5. The molecule has 1 aromatic carbocycles. The number of H-pyrrole nitrogens is 1. The molecule has 0 aliphatic carbocycles. The molecule has 1 unspecified atom stereocenters. The van der Waals surface area contributed by atoms with Crippen LogP contribution in [0.4, 0.5) is 16.2 Å². The predicted molar refractivity (Wildman–Crippen MR) is 101 cm³/mol. The van der Waals surface area contributed by atoms with Crippen LogP contribution in [0.5, 0.6) is 0 Å². The molecule has 3 heterocycles. The fourth-order valence-corrected chi connectivity index (χ4v) is 2.98. The zero-order valence-electron chi connectivity index (χ0n) is 15.0. The third-order valence-electron chi connectivity index (χ3n) is 4.42. The van der Waals surface area contributed by atoms with E-state index < -0.39 is 6.17 Å². The highest BCUT2D eigenvalue weighted by Crippen LogP contribution is 2.19. The Kier molecular flexibility index (Phi) is 6.22. The summed E-state index contributed by atoms with van der Waals surface area (Å²) in [5.41, 5.74) is 1.12. The Morgan fingerprint density at radius 1 is 1.15 bits per heavy atom. The number of aryl methyl sites for hydroxylation is 1. The molecule has 0 spiro atoms. The van der Waals surface area contributed by atoms with Crippen molar-refractivity contribution in [2.24, 2.45) is 0 Å². The molecule has 2 aliphatic rings. The number of alkyl halides is 1. The second-order valence-corrected chi connectivity index (χ2v) is 6.51. The SMILES string of the molecule is Cc1ccccc1.O=c1cc(N2CCOCC2)nc(N2CCC(F)C2)[nH]1. The Balaban J connectivity index is 0.000000236. The fraction of sp³-hybridized carbons (Fsp3) is 0.474. The Labute approximate surface area is 152 Å². The minimum Gasteiger partial charge on any atom is -0.378 e. The van der Waals surface area contributed by atoms with E-state index in [0.29, 0.717) is 44.5 Å². The van der Waals surface area contributed by atoms with E-state index in [-0.39, 0.29) is 5.56 Å². The standard InChI is InChI=1S/C12H17FN4O2.C7H8/c13-9-1-2-17(8-9)12-14-10(7-11(18)15-12)16-3-5-19-6-4-16;1-7-5-3-2-4-6-7/h7,9H,1-6,8H2,(H,14,15,18);2-6H,1H3. The fourth-order valence-electron chi connectivity index (χ4n) is 2.98. The van der Waals surface area contributed by atoms with Crippen molar-refractivity contribution in [1.82, 2.24) is 9.97 Å². The number of nitrogens with zero attached hydrogens (tertiary/aromatic N) is 3. The maximum atomic E-state index is 13.2. The molecule has 1 aromatic heterocycles. The molecule has 0 amide bonds. The number of nitrogens with one attached hydrogen (secondary N) is 1. The van der Waals surface area contributed by atoms with Gasteiger partial charge in [-0.05, 0) is 13.3 Å². The number of morpholine rings is 1. The zero-order chi connectivity index (χ0) is 18.4. The van der Waals surface area contributed by atoms with Crippen molar-refractivity contribution in [2.75, 3.05) is 49.2 Å². The van der Waals surface area contributed by atoms with E-state index in [1.54, 1.807) is 4.90 Å². The molecular formula is C19H25FN4O2. The van der Waals surface area contributed by atoms with Gasteiger partial charge in [0.25, 0.3) is 5.56 Å². The highest BCUT2D eigenvalue weighted by Gasteiger charge is 2.24. The van der Waals surface area contributed by atoms with Crippen LogP contribution in [0.15, 0.2) is 41.2 Å². The number of aromatic amines is 1. The van der Waals surface area contributed by atoms with Crippen LogP contribution in [0, 0.1) is 6.92 Å². The lowest BCUT2D eigenvalue weighted by Gasteiger charge is -2.28. The van der Waals surface area contributed by atoms with Crippen molar-refractivity contribution >= 4 is 11.8 Å². The van der Waals surface area contributed by atoms with Gasteiger partial charge in [0.1, 0.15) is 12.0 Å². The maximum Gasteiger partial charge on any atom is 0.254 e. The molecule has 6 nitrogen and oxygen atoms in total. The smallest absolute Gasteiger partial charge is 0.254 e. The third kappa shape index (κ3) is 5.05. The lowest BCUT2D eigenvalue weighted by Crippen LogP contribution is -2.38. The van der Waals surface area contributed by atoms with Gasteiger partial charge in [-0.1, -0.05) is 35.9 Å². The topological polar surface area (TPSA) is 61.5 Å². The highest BCUT2D eigenvalue weighted by molar-refractivity contribution is 5.44. The van der Waals surface area contributed by atoms with E-state index in [4.69, 9.17) is 4.74 Å². The molecule has 0 radical (unpaired) electrons. The molecule has 0 saturated carbocycles. The van der Waals surface area contributed by atoms with E-state index in [1.807, 2.05) is 23.1 Å². The quantitative estimate of drug-likeness (QED) is 0.889. The number of anilines is 2. The van der Waals surface area contributed by atoms with Crippen molar-refractivity contribution in [3.05, 3.63) is 52.3 Å². The normalized spacial score (nSPS) is 19.8. The molecular weight excluding hydrogens is 335 g/mol. The van der Waals surface area contributed by atoms with Gasteiger partial charge in [0, 0.05) is 25.7 Å². The van der Waals surface area contributed by atoms with Crippen molar-refractivity contribution in [3.8, 4) is 0 Å². The third-order valence-corrected chi connectivity index (χ3v) is 4.42. The van der Waals surface area contributed by atoms with Crippen LogP contribution in [0.1, 0.15) is 12.0 Å². The van der Waals surface area contributed by atoms with E-state index in [9.17, 15) is 9.18 Å². The number of ether oxygens (including phenoxy) is 1. The van der Waals surface area contributed by atoms with Crippen molar-refractivity contribution < 1.29 is 9.13 Å². The highest BCUT2D eigenvalue weighted by atomic mass is 19.1. The van der Waals surface area contributed by atoms with Crippen LogP contribution < -0.4 is 15.4 Å². The van der Waals surface area contributed by atoms with Crippen LogP contribution in [0.3, 0.4) is 0 Å². The van der Waals surface area contributed by atoms with Gasteiger partial charge < -0.3 is 14.5 Å². The van der Waals surface area contributed by atoms with E-state index in [1.165, 1.54) is 11.6 Å². The molecule has 1 N–H and O–H groups in total. The molecule has 2 aliphatic heterocycles. The van der Waals surface area contributed by atoms with Crippen LogP contribution in [-0.2, 0) is 4.74 Å². The number of halogens is 1. The average Bonchev–Trinajstić information content (AvgIpc) is 3.10. The van der Waals surface area contributed by atoms with Crippen LogP contribution >= 0.6 is 0 Å².